The number of allylic oxidation sites excluding steroid dienone is 1. The van der Waals surface area contributed by atoms with Crippen molar-refractivity contribution in [3.8, 4) is 0 Å². The summed E-state index contributed by atoms with van der Waals surface area (Å²) in [6, 6.07) is 10.5. The number of hydrogen-bond donors (Lipinski definition) is 0. The van der Waals surface area contributed by atoms with Crippen LogP contribution in [0.3, 0.4) is 0 Å². The average Bonchev–Trinajstić information content (AvgIpc) is 2.06. The largest absolute Gasteiger partial charge is 0.0650 e. The van der Waals surface area contributed by atoms with Crippen molar-refractivity contribution in [2.75, 3.05) is 0 Å². The molecule has 0 aliphatic rings. The molecule has 0 saturated heterocycles. The Labute approximate surface area is 87.8 Å². The first-order valence-corrected chi connectivity index (χ1v) is 5.32. The summed E-state index contributed by atoms with van der Waals surface area (Å²) < 4.78 is 1.43. The minimum atomic E-state index is 1.19. The second kappa shape index (κ2) is 5.36. The quantitative estimate of drug-likeness (QED) is 0.721. The maximum atomic E-state index is 2.41. The molecule has 0 aromatic heterocycles. The predicted molar refractivity (Wildman–Crippen MR) is 63.3 cm³/mol. The molecule has 1 aromatic rings. The van der Waals surface area contributed by atoms with E-state index in [4.69, 9.17) is 0 Å². The van der Waals surface area contributed by atoms with Gasteiger partial charge in [-0.3, -0.25) is 0 Å². The minimum absolute atomic E-state index is 1.19. The monoisotopic (exact) mass is 272 g/mol. The summed E-state index contributed by atoms with van der Waals surface area (Å²) in [6.45, 7) is 2.21. The molecule has 0 heterocycles. The fourth-order valence-electron chi connectivity index (χ4n) is 1.04. The Morgan fingerprint density at radius 2 is 2.00 bits per heavy atom. The molecule has 0 aliphatic heterocycles. The van der Waals surface area contributed by atoms with Crippen molar-refractivity contribution in [3.05, 3.63) is 39.5 Å². The lowest BCUT2D eigenvalue weighted by Gasteiger charge is -1.95. The van der Waals surface area contributed by atoms with Gasteiger partial charge in [0, 0.05) is 0 Å². The Morgan fingerprint density at radius 3 is 2.58 bits per heavy atom. The Morgan fingerprint density at radius 1 is 1.33 bits per heavy atom. The van der Waals surface area contributed by atoms with Crippen LogP contribution in [0.25, 0.3) is 6.08 Å². The van der Waals surface area contributed by atoms with Gasteiger partial charge in [0.15, 0.2) is 0 Å². The van der Waals surface area contributed by atoms with E-state index >= 15 is 0 Å². The molecule has 0 radical (unpaired) electrons. The molecule has 0 saturated carbocycles. The molecule has 0 amide bonds. The Kier molecular flexibility index (Phi) is 4.36. The molecule has 0 atom stereocenters. The topological polar surface area (TPSA) is 0 Å². The van der Waals surface area contributed by atoms with Gasteiger partial charge >= 0.3 is 0 Å². The highest BCUT2D eigenvalue weighted by atomic mass is 127. The van der Waals surface area contributed by atoms with E-state index in [-0.39, 0.29) is 0 Å². The van der Waals surface area contributed by atoms with E-state index in [1.165, 1.54) is 22.0 Å². The van der Waals surface area contributed by atoms with E-state index in [0.29, 0.717) is 0 Å². The third kappa shape index (κ3) is 3.39. The molecule has 0 unspecified atom stereocenters. The van der Waals surface area contributed by atoms with Crippen molar-refractivity contribution in [3.63, 3.8) is 0 Å². The zero-order valence-electron chi connectivity index (χ0n) is 7.26. The van der Waals surface area contributed by atoms with Gasteiger partial charge in [0.25, 0.3) is 0 Å². The Bertz CT molecular complexity index is 249. The van der Waals surface area contributed by atoms with Crippen LogP contribution < -0.4 is 0 Å². The van der Waals surface area contributed by atoms with Crippen LogP contribution in [0.1, 0.15) is 25.3 Å². The van der Waals surface area contributed by atoms with Crippen molar-refractivity contribution >= 4 is 28.7 Å². The van der Waals surface area contributed by atoms with E-state index in [1.54, 1.807) is 0 Å². The third-order valence-corrected chi connectivity index (χ3v) is 2.46. The first-order chi connectivity index (χ1) is 5.83. The molecular weight excluding hydrogens is 259 g/mol. The summed E-state index contributed by atoms with van der Waals surface area (Å²) >= 11 is 2.41. The van der Waals surface area contributed by atoms with Gasteiger partial charge in [-0.15, -0.1) is 0 Å². The second-order valence-corrected chi connectivity index (χ2v) is 4.14. The molecule has 64 valence electrons. The molecule has 0 N–H and O–H groups in total. The van der Waals surface area contributed by atoms with Gasteiger partial charge in [-0.2, -0.15) is 0 Å². The molecule has 0 fully saturated rings. The first-order valence-electron chi connectivity index (χ1n) is 4.24. The minimum Gasteiger partial charge on any atom is -0.0650 e. The smallest absolute Gasteiger partial charge is 0.00882 e. The van der Waals surface area contributed by atoms with E-state index < -0.39 is 0 Å². The standard InChI is InChI=1S/C11H13I/c1-2-6-11(12)9-10-7-4-3-5-8-10/h3-5,7-9H,2,6H2,1H3. The van der Waals surface area contributed by atoms with Crippen LogP contribution >= 0.6 is 22.6 Å². The van der Waals surface area contributed by atoms with Crippen LogP contribution in [0.2, 0.25) is 0 Å². The number of halogens is 1. The summed E-state index contributed by atoms with van der Waals surface area (Å²) in [4.78, 5) is 0. The predicted octanol–water partition coefficient (Wildman–Crippen LogP) is 4.26. The van der Waals surface area contributed by atoms with Gasteiger partial charge in [0.05, 0.1) is 0 Å². The molecule has 0 spiro atoms. The fraction of sp³-hybridized carbons (Fsp3) is 0.273. The molecule has 0 bridgehead atoms. The number of benzene rings is 1. The van der Waals surface area contributed by atoms with Crippen LogP contribution in [0.15, 0.2) is 33.9 Å². The fourth-order valence-corrected chi connectivity index (χ4v) is 1.94. The van der Waals surface area contributed by atoms with Crippen molar-refractivity contribution in [1.82, 2.24) is 0 Å². The summed E-state index contributed by atoms with van der Waals surface area (Å²) in [6.07, 6.45) is 4.65. The summed E-state index contributed by atoms with van der Waals surface area (Å²) in [7, 11) is 0. The van der Waals surface area contributed by atoms with Gasteiger partial charge < -0.3 is 0 Å². The van der Waals surface area contributed by atoms with Crippen LogP contribution in [0.5, 0.6) is 0 Å². The van der Waals surface area contributed by atoms with E-state index in [2.05, 4.69) is 59.9 Å². The van der Waals surface area contributed by atoms with Gasteiger partial charge in [-0.05, 0) is 44.2 Å². The molecule has 0 nitrogen and oxygen atoms in total. The van der Waals surface area contributed by atoms with Crippen molar-refractivity contribution < 1.29 is 0 Å². The first kappa shape index (κ1) is 9.78. The van der Waals surface area contributed by atoms with Crippen molar-refractivity contribution in [2.45, 2.75) is 19.8 Å². The number of hydrogen-bond acceptors (Lipinski definition) is 0. The zero-order chi connectivity index (χ0) is 8.81. The molecule has 12 heavy (non-hydrogen) atoms. The van der Waals surface area contributed by atoms with Crippen LogP contribution in [-0.2, 0) is 0 Å². The molecule has 0 aliphatic carbocycles. The number of rotatable bonds is 3. The van der Waals surface area contributed by atoms with Gasteiger partial charge in [-0.25, -0.2) is 0 Å². The Hall–Kier alpha value is -0.310. The molecule has 1 heteroatoms. The van der Waals surface area contributed by atoms with Gasteiger partial charge in [-0.1, -0.05) is 43.7 Å². The van der Waals surface area contributed by atoms with Gasteiger partial charge in [0.1, 0.15) is 0 Å². The average molecular weight is 272 g/mol. The van der Waals surface area contributed by atoms with Crippen LogP contribution in [0.4, 0.5) is 0 Å². The normalized spacial score (nSPS) is 11.7. The lowest BCUT2D eigenvalue weighted by molar-refractivity contribution is 0.957. The van der Waals surface area contributed by atoms with Gasteiger partial charge in [0.2, 0.25) is 0 Å². The lowest BCUT2D eigenvalue weighted by atomic mass is 10.2. The van der Waals surface area contributed by atoms with Crippen molar-refractivity contribution in [2.24, 2.45) is 0 Å². The highest BCUT2D eigenvalue weighted by Crippen LogP contribution is 2.17. The molecule has 1 aromatic carbocycles. The summed E-state index contributed by atoms with van der Waals surface area (Å²) in [5, 5.41) is 0. The summed E-state index contributed by atoms with van der Waals surface area (Å²) in [5.74, 6) is 0. The van der Waals surface area contributed by atoms with Crippen LogP contribution in [-0.4, -0.2) is 0 Å². The molecular formula is C11H13I. The SMILES string of the molecule is CCCC(I)=Cc1ccccc1. The Balaban J connectivity index is 2.67. The molecule has 1 rings (SSSR count). The second-order valence-electron chi connectivity index (χ2n) is 2.75. The highest BCUT2D eigenvalue weighted by Gasteiger charge is 1.89. The highest BCUT2D eigenvalue weighted by molar-refractivity contribution is 14.1. The van der Waals surface area contributed by atoms with E-state index in [0.717, 1.165) is 0 Å². The van der Waals surface area contributed by atoms with Crippen LogP contribution in [0, 0.1) is 0 Å². The zero-order valence-corrected chi connectivity index (χ0v) is 9.41. The lowest BCUT2D eigenvalue weighted by Crippen LogP contribution is -1.73. The van der Waals surface area contributed by atoms with Crippen molar-refractivity contribution in [1.29, 1.82) is 0 Å². The summed E-state index contributed by atoms with van der Waals surface area (Å²) in [5.41, 5.74) is 1.30. The third-order valence-electron chi connectivity index (χ3n) is 1.61. The maximum Gasteiger partial charge on any atom is -0.00882 e. The maximum absolute atomic E-state index is 2.41. The van der Waals surface area contributed by atoms with E-state index in [1.807, 2.05) is 6.07 Å². The van der Waals surface area contributed by atoms with E-state index in [9.17, 15) is 0 Å².